The van der Waals surface area contributed by atoms with E-state index in [2.05, 4.69) is 4.98 Å². The van der Waals surface area contributed by atoms with Crippen LogP contribution in [-0.2, 0) is 4.79 Å². The zero-order valence-corrected chi connectivity index (χ0v) is 13.2. The third-order valence-corrected chi connectivity index (χ3v) is 4.17. The summed E-state index contributed by atoms with van der Waals surface area (Å²) in [6.45, 7) is 0. The van der Waals surface area contributed by atoms with Crippen molar-refractivity contribution in [3.63, 3.8) is 0 Å². The highest BCUT2D eigenvalue weighted by atomic mass is 32.2. The summed E-state index contributed by atoms with van der Waals surface area (Å²) < 4.78 is 0. The van der Waals surface area contributed by atoms with E-state index in [4.69, 9.17) is 16.3 Å². The molecule has 1 amide bonds. The van der Waals surface area contributed by atoms with Gasteiger partial charge in [0.25, 0.3) is 5.82 Å². The number of nitrogens with two attached hydrogens (primary N) is 1. The molecule has 7 heteroatoms. The molecule has 1 aromatic heterocycles. The van der Waals surface area contributed by atoms with E-state index in [-0.39, 0.29) is 28.6 Å². The monoisotopic (exact) mass is 324 g/mol. The van der Waals surface area contributed by atoms with Crippen molar-refractivity contribution in [2.45, 2.75) is 5.03 Å². The zero-order valence-electron chi connectivity index (χ0n) is 12.4. The highest BCUT2D eigenvalue weighted by Crippen LogP contribution is 2.21. The van der Waals surface area contributed by atoms with E-state index in [1.807, 2.05) is 42.5 Å². The summed E-state index contributed by atoms with van der Waals surface area (Å²) in [4.78, 5) is 16.6. The van der Waals surface area contributed by atoms with Crippen LogP contribution in [0.3, 0.4) is 0 Å². The third kappa shape index (κ3) is 3.79. The summed E-state index contributed by atoms with van der Waals surface area (Å²) in [6, 6.07) is 14.6. The molecule has 0 saturated carbocycles. The summed E-state index contributed by atoms with van der Waals surface area (Å²) in [7, 11) is 1.69. The topological polar surface area (TPSA) is 108 Å². The quantitative estimate of drug-likeness (QED) is 0.859. The van der Waals surface area contributed by atoms with Gasteiger partial charge in [-0.25, -0.2) is 4.98 Å². The van der Waals surface area contributed by atoms with Crippen LogP contribution in [0.15, 0.2) is 41.4 Å². The van der Waals surface area contributed by atoms with Gasteiger partial charge in [-0.1, -0.05) is 30.0 Å². The maximum Gasteiger partial charge on any atom is 0.289 e. The summed E-state index contributed by atoms with van der Waals surface area (Å²) >= 11 is 1.18. The van der Waals surface area contributed by atoms with Gasteiger partial charge in [-0.3, -0.25) is 10.5 Å². The second kappa shape index (κ2) is 7.30. The summed E-state index contributed by atoms with van der Waals surface area (Å²) in [5, 5.41) is 18.5. The van der Waals surface area contributed by atoms with Crippen LogP contribution in [0, 0.1) is 22.7 Å². The van der Waals surface area contributed by atoms with Gasteiger partial charge in [-0.15, -0.1) is 0 Å². The number of pyridine rings is 1. The lowest BCUT2D eigenvalue weighted by Gasteiger charge is -2.16. The van der Waals surface area contributed by atoms with Gasteiger partial charge >= 0.3 is 0 Å². The summed E-state index contributed by atoms with van der Waals surface area (Å²) in [5.41, 5.74) is 7.00. The summed E-state index contributed by atoms with van der Waals surface area (Å²) in [6.07, 6.45) is 0. The number of carbonyl (C=O) groups excluding carboxylic acids is 1. The number of nitriles is 2. The maximum absolute atomic E-state index is 12.2. The molecule has 0 aliphatic rings. The number of thioether (sulfide) groups is 1. The third-order valence-electron chi connectivity index (χ3n) is 3.17. The van der Waals surface area contributed by atoms with Crippen molar-refractivity contribution in [3.05, 3.63) is 47.5 Å². The van der Waals surface area contributed by atoms with Gasteiger partial charge in [-0.2, -0.15) is 10.5 Å². The van der Waals surface area contributed by atoms with Gasteiger partial charge in [-0.05, 0) is 18.2 Å². The van der Waals surface area contributed by atoms with Crippen LogP contribution in [0.25, 0.3) is 0 Å². The van der Waals surface area contributed by atoms with Gasteiger partial charge in [0.15, 0.2) is 5.03 Å². The Morgan fingerprint density at radius 3 is 2.52 bits per heavy atom. The molecule has 0 bridgehead atoms. The van der Waals surface area contributed by atoms with Gasteiger partial charge in [0.2, 0.25) is 5.91 Å². The Labute approximate surface area is 138 Å². The Morgan fingerprint density at radius 1 is 1.26 bits per heavy atom. The van der Waals surface area contributed by atoms with Crippen LogP contribution in [0.2, 0.25) is 0 Å². The van der Waals surface area contributed by atoms with Crippen LogP contribution >= 0.6 is 11.8 Å². The predicted octanol–water partition coefficient (Wildman–Crippen LogP) is 1.58. The molecule has 3 N–H and O–H groups in total. The molecule has 0 aliphatic carbocycles. The van der Waals surface area contributed by atoms with E-state index in [0.717, 1.165) is 5.69 Å². The number of benzene rings is 1. The SMILES string of the molecule is CN(C(=O)CSc1[nH+]c(N)c(C#N)cc1C#N)c1ccccc1. The predicted molar refractivity (Wildman–Crippen MR) is 87.4 cm³/mol. The van der Waals surface area contributed by atoms with Crippen molar-refractivity contribution < 1.29 is 9.78 Å². The first-order valence-corrected chi connectivity index (χ1v) is 7.65. The Bertz CT molecular complexity index is 808. The standard InChI is InChI=1S/C16H13N5OS/c1-21(13-5-3-2-4-6-13)14(22)10-23-16-12(9-18)7-11(8-17)15(19)20-16/h2-7H,10H2,1H3,(H2,19,20)/p+1. The van der Waals surface area contributed by atoms with E-state index >= 15 is 0 Å². The van der Waals surface area contributed by atoms with Crippen LogP contribution in [0.5, 0.6) is 0 Å². The molecular formula is C16H14N5OS+. The number of rotatable bonds is 4. The number of aromatic amines is 1. The fraction of sp³-hybridized carbons (Fsp3) is 0.125. The first-order valence-electron chi connectivity index (χ1n) is 6.67. The number of H-pyrrole nitrogens is 1. The van der Waals surface area contributed by atoms with Crippen molar-refractivity contribution in [2.24, 2.45) is 0 Å². The first-order chi connectivity index (χ1) is 11.1. The molecule has 0 radical (unpaired) electrons. The molecular weight excluding hydrogens is 310 g/mol. The van der Waals surface area contributed by atoms with Crippen LogP contribution in [0.4, 0.5) is 11.5 Å². The molecule has 0 aliphatic heterocycles. The molecule has 0 spiro atoms. The van der Waals surface area contributed by atoms with Gasteiger partial charge in [0, 0.05) is 12.7 Å². The number of nitrogens with zero attached hydrogens (tertiary/aromatic N) is 3. The number of nitrogens with one attached hydrogen (secondary N) is 1. The van der Waals surface area contributed by atoms with E-state index in [1.54, 1.807) is 11.9 Å². The van der Waals surface area contributed by atoms with E-state index in [1.165, 1.54) is 17.8 Å². The molecule has 2 rings (SSSR count). The van der Waals surface area contributed by atoms with Gasteiger partial charge in [0.05, 0.1) is 5.75 Å². The highest BCUT2D eigenvalue weighted by molar-refractivity contribution is 7.99. The minimum atomic E-state index is -0.110. The Balaban J connectivity index is 2.12. The molecule has 0 fully saturated rings. The number of aromatic nitrogens is 1. The molecule has 6 nitrogen and oxygen atoms in total. The van der Waals surface area contributed by atoms with Gasteiger partial charge < -0.3 is 4.90 Å². The molecule has 1 aromatic carbocycles. The lowest BCUT2D eigenvalue weighted by molar-refractivity contribution is -0.410. The Kier molecular flexibility index (Phi) is 5.19. The molecule has 114 valence electrons. The molecule has 0 unspecified atom stereocenters. The van der Waals surface area contributed by atoms with Crippen molar-refractivity contribution >= 4 is 29.2 Å². The Morgan fingerprint density at radius 2 is 1.91 bits per heavy atom. The number of amides is 1. The minimum absolute atomic E-state index is 0.110. The number of hydrogen-bond acceptors (Lipinski definition) is 5. The number of para-hydroxylation sites is 1. The van der Waals surface area contributed by atoms with Crippen LogP contribution < -0.4 is 15.6 Å². The van der Waals surface area contributed by atoms with Crippen molar-refractivity contribution in [1.29, 1.82) is 10.5 Å². The van der Waals surface area contributed by atoms with Crippen LogP contribution in [0.1, 0.15) is 11.1 Å². The zero-order chi connectivity index (χ0) is 16.8. The number of carbonyl (C=O) groups is 1. The van der Waals surface area contributed by atoms with E-state index in [9.17, 15) is 4.79 Å². The van der Waals surface area contributed by atoms with Crippen molar-refractivity contribution in [3.8, 4) is 12.1 Å². The molecule has 0 atom stereocenters. The lowest BCUT2D eigenvalue weighted by atomic mass is 10.2. The summed E-state index contributed by atoms with van der Waals surface area (Å²) in [5.74, 6) is 0.210. The van der Waals surface area contributed by atoms with Gasteiger partial charge in [0.1, 0.15) is 23.3 Å². The smallest absolute Gasteiger partial charge is 0.289 e. The largest absolute Gasteiger partial charge is 0.315 e. The molecule has 0 saturated heterocycles. The average Bonchev–Trinajstić information content (AvgIpc) is 2.59. The average molecular weight is 324 g/mol. The number of nitrogen functional groups attached to an aromatic ring is 1. The fourth-order valence-electron chi connectivity index (χ4n) is 1.86. The van der Waals surface area contributed by atoms with Crippen LogP contribution in [-0.4, -0.2) is 18.7 Å². The number of anilines is 2. The first kappa shape index (κ1) is 16.3. The molecule has 23 heavy (non-hydrogen) atoms. The maximum atomic E-state index is 12.2. The lowest BCUT2D eigenvalue weighted by Crippen LogP contribution is -2.28. The van der Waals surface area contributed by atoms with Crippen molar-refractivity contribution in [2.75, 3.05) is 23.4 Å². The Hall–Kier alpha value is -3.03. The van der Waals surface area contributed by atoms with Crippen molar-refractivity contribution in [1.82, 2.24) is 0 Å². The molecule has 1 heterocycles. The normalized spacial score (nSPS) is 9.70. The highest BCUT2D eigenvalue weighted by Gasteiger charge is 2.17. The minimum Gasteiger partial charge on any atom is -0.315 e. The second-order valence-corrected chi connectivity index (χ2v) is 5.63. The second-order valence-electron chi connectivity index (χ2n) is 4.64. The van der Waals surface area contributed by atoms with E-state index < -0.39 is 0 Å². The van der Waals surface area contributed by atoms with E-state index in [0.29, 0.717) is 5.03 Å². The molecule has 2 aromatic rings. The number of hydrogen-bond donors (Lipinski definition) is 1. The fourth-order valence-corrected chi connectivity index (χ4v) is 2.76.